The van der Waals surface area contributed by atoms with Crippen LogP contribution in [-0.4, -0.2) is 30.2 Å². The number of hydrogen-bond donors (Lipinski definition) is 1. The summed E-state index contributed by atoms with van der Waals surface area (Å²) >= 11 is 0. The molecular formula is C14H18FNO3. The molecule has 1 atom stereocenters. The molecule has 1 N–H and O–H groups in total. The van der Waals surface area contributed by atoms with Gasteiger partial charge in [0.2, 0.25) is 0 Å². The summed E-state index contributed by atoms with van der Waals surface area (Å²) in [6.07, 6.45) is 3.16. The van der Waals surface area contributed by atoms with Crippen LogP contribution in [0.15, 0.2) is 23.4 Å². The van der Waals surface area contributed by atoms with E-state index in [-0.39, 0.29) is 11.9 Å². The Morgan fingerprint density at radius 2 is 2.42 bits per heavy atom. The van der Waals surface area contributed by atoms with Gasteiger partial charge in [0.05, 0.1) is 18.4 Å². The van der Waals surface area contributed by atoms with E-state index in [2.05, 4.69) is 5.16 Å². The van der Waals surface area contributed by atoms with Gasteiger partial charge in [-0.2, -0.15) is 0 Å². The molecular weight excluding hydrogens is 249 g/mol. The monoisotopic (exact) mass is 267 g/mol. The molecule has 1 aromatic rings. The molecule has 0 bridgehead atoms. The maximum Gasteiger partial charge on any atom is 0.131 e. The molecule has 1 heterocycles. The van der Waals surface area contributed by atoms with E-state index in [0.717, 1.165) is 25.9 Å². The quantitative estimate of drug-likeness (QED) is 0.507. The highest BCUT2D eigenvalue weighted by molar-refractivity contribution is 6.00. The van der Waals surface area contributed by atoms with Crippen molar-refractivity contribution in [3.63, 3.8) is 0 Å². The summed E-state index contributed by atoms with van der Waals surface area (Å²) < 4.78 is 24.3. The molecule has 104 valence electrons. The predicted molar refractivity (Wildman–Crippen MR) is 69.5 cm³/mol. The minimum Gasteiger partial charge on any atom is -0.493 e. The van der Waals surface area contributed by atoms with Crippen molar-refractivity contribution >= 4 is 5.71 Å². The van der Waals surface area contributed by atoms with E-state index in [1.807, 2.05) is 0 Å². The molecule has 4 nitrogen and oxygen atoms in total. The van der Waals surface area contributed by atoms with Gasteiger partial charge in [0.15, 0.2) is 0 Å². The van der Waals surface area contributed by atoms with Crippen molar-refractivity contribution in [2.24, 2.45) is 5.16 Å². The summed E-state index contributed by atoms with van der Waals surface area (Å²) in [5, 5.41) is 11.9. The zero-order valence-electron chi connectivity index (χ0n) is 10.9. The summed E-state index contributed by atoms with van der Waals surface area (Å²) in [7, 11) is 0. The van der Waals surface area contributed by atoms with E-state index in [1.54, 1.807) is 13.0 Å². The van der Waals surface area contributed by atoms with Gasteiger partial charge in [-0.1, -0.05) is 5.16 Å². The van der Waals surface area contributed by atoms with Gasteiger partial charge in [0.25, 0.3) is 0 Å². The van der Waals surface area contributed by atoms with Crippen molar-refractivity contribution in [2.75, 3.05) is 13.2 Å². The maximum absolute atomic E-state index is 13.2. The van der Waals surface area contributed by atoms with Gasteiger partial charge in [0, 0.05) is 24.7 Å². The second-order valence-electron chi connectivity index (χ2n) is 4.60. The molecule has 0 saturated carbocycles. The largest absolute Gasteiger partial charge is 0.493 e. The van der Waals surface area contributed by atoms with E-state index in [1.165, 1.54) is 12.1 Å². The van der Waals surface area contributed by atoms with E-state index < -0.39 is 0 Å². The number of rotatable bonds is 5. The highest BCUT2D eigenvalue weighted by atomic mass is 19.1. The molecule has 2 rings (SSSR count). The lowest BCUT2D eigenvalue weighted by molar-refractivity contribution is 0.0903. The Morgan fingerprint density at radius 3 is 3.11 bits per heavy atom. The van der Waals surface area contributed by atoms with Gasteiger partial charge in [-0.05, 0) is 31.9 Å². The maximum atomic E-state index is 13.2. The minimum atomic E-state index is -0.374. The number of nitrogens with zero attached hydrogens (tertiary/aromatic N) is 1. The van der Waals surface area contributed by atoms with Gasteiger partial charge < -0.3 is 14.7 Å². The van der Waals surface area contributed by atoms with Crippen LogP contribution in [-0.2, 0) is 4.74 Å². The van der Waals surface area contributed by atoms with Crippen molar-refractivity contribution in [2.45, 2.75) is 32.3 Å². The number of halogens is 1. The predicted octanol–water partition coefficient (Wildman–Crippen LogP) is 2.97. The Morgan fingerprint density at radius 1 is 1.58 bits per heavy atom. The first kappa shape index (κ1) is 13.8. The molecule has 1 unspecified atom stereocenters. The molecule has 0 aliphatic carbocycles. The lowest BCUT2D eigenvalue weighted by Gasteiger charge is -2.13. The molecule has 0 aromatic heterocycles. The smallest absolute Gasteiger partial charge is 0.131 e. The van der Waals surface area contributed by atoms with Crippen LogP contribution in [0.25, 0.3) is 0 Å². The van der Waals surface area contributed by atoms with Gasteiger partial charge in [0.1, 0.15) is 11.6 Å². The van der Waals surface area contributed by atoms with Crippen molar-refractivity contribution < 1.29 is 19.1 Å². The van der Waals surface area contributed by atoms with Crippen LogP contribution in [0, 0.1) is 5.82 Å². The molecule has 5 heteroatoms. The topological polar surface area (TPSA) is 51.1 Å². The summed E-state index contributed by atoms with van der Waals surface area (Å²) in [6, 6.07) is 4.17. The van der Waals surface area contributed by atoms with Crippen LogP contribution in [0.5, 0.6) is 5.75 Å². The second-order valence-corrected chi connectivity index (χ2v) is 4.60. The van der Waals surface area contributed by atoms with Crippen LogP contribution in [0.2, 0.25) is 0 Å². The average molecular weight is 267 g/mol. The van der Waals surface area contributed by atoms with Gasteiger partial charge in [-0.25, -0.2) is 4.39 Å². The lowest BCUT2D eigenvalue weighted by Crippen LogP contribution is -2.12. The first-order chi connectivity index (χ1) is 9.20. The number of ether oxygens (including phenoxy) is 2. The highest BCUT2D eigenvalue weighted by Gasteiger charge is 2.16. The molecule has 1 fully saturated rings. The fraction of sp³-hybridized carbons (Fsp3) is 0.500. The van der Waals surface area contributed by atoms with Crippen LogP contribution in [0.1, 0.15) is 31.7 Å². The molecule has 0 amide bonds. The summed E-state index contributed by atoms with van der Waals surface area (Å²) in [5.74, 6) is 0.0231. The number of oxime groups is 1. The fourth-order valence-electron chi connectivity index (χ4n) is 2.14. The molecule has 0 spiro atoms. The first-order valence-corrected chi connectivity index (χ1v) is 6.43. The van der Waals surface area contributed by atoms with Gasteiger partial charge in [-0.3, -0.25) is 0 Å². The normalized spacial score (nSPS) is 19.7. The van der Waals surface area contributed by atoms with E-state index in [4.69, 9.17) is 14.7 Å². The van der Waals surface area contributed by atoms with E-state index >= 15 is 0 Å². The number of benzene rings is 1. The standard InChI is InChI=1S/C14H18FNO3/c1-10(16-17)13-5-4-11(15)9-14(13)19-8-6-12-3-2-7-18-12/h4-5,9,12,17H,2-3,6-8H2,1H3. The van der Waals surface area contributed by atoms with Crippen molar-refractivity contribution in [1.82, 2.24) is 0 Å². The summed E-state index contributed by atoms with van der Waals surface area (Å²) in [6.45, 7) is 2.91. The minimum absolute atomic E-state index is 0.240. The SMILES string of the molecule is CC(=NO)c1ccc(F)cc1OCCC1CCCO1. The molecule has 19 heavy (non-hydrogen) atoms. The molecule has 1 aromatic carbocycles. The van der Waals surface area contributed by atoms with Crippen molar-refractivity contribution in [1.29, 1.82) is 0 Å². The van der Waals surface area contributed by atoms with Crippen molar-refractivity contribution in [3.8, 4) is 5.75 Å². The third kappa shape index (κ3) is 3.67. The van der Waals surface area contributed by atoms with Crippen LogP contribution >= 0.6 is 0 Å². The molecule has 1 saturated heterocycles. The molecule has 1 aliphatic heterocycles. The average Bonchev–Trinajstić information content (AvgIpc) is 2.91. The van der Waals surface area contributed by atoms with Crippen molar-refractivity contribution in [3.05, 3.63) is 29.6 Å². The van der Waals surface area contributed by atoms with E-state index in [0.29, 0.717) is 23.6 Å². The Kier molecular flexibility index (Phi) is 4.74. The van der Waals surface area contributed by atoms with Gasteiger partial charge >= 0.3 is 0 Å². The molecule has 1 aliphatic rings. The fourth-order valence-corrected chi connectivity index (χ4v) is 2.14. The Bertz CT molecular complexity index is 456. The Balaban J connectivity index is 1.99. The third-order valence-corrected chi connectivity index (χ3v) is 3.20. The van der Waals surface area contributed by atoms with Crippen LogP contribution < -0.4 is 4.74 Å². The zero-order chi connectivity index (χ0) is 13.7. The summed E-state index contributed by atoms with van der Waals surface area (Å²) in [5.41, 5.74) is 0.989. The van der Waals surface area contributed by atoms with E-state index in [9.17, 15) is 4.39 Å². The first-order valence-electron chi connectivity index (χ1n) is 6.43. The summed E-state index contributed by atoms with van der Waals surface area (Å²) in [4.78, 5) is 0. The third-order valence-electron chi connectivity index (χ3n) is 3.20. The Hall–Kier alpha value is -1.62. The van der Waals surface area contributed by atoms with Crippen LogP contribution in [0.3, 0.4) is 0 Å². The second kappa shape index (κ2) is 6.52. The molecule has 0 radical (unpaired) electrons. The lowest BCUT2D eigenvalue weighted by atomic mass is 10.1. The zero-order valence-corrected chi connectivity index (χ0v) is 10.9. The Labute approximate surface area is 111 Å². The number of hydrogen-bond acceptors (Lipinski definition) is 4. The highest BCUT2D eigenvalue weighted by Crippen LogP contribution is 2.22. The van der Waals surface area contributed by atoms with Crippen LogP contribution in [0.4, 0.5) is 4.39 Å². The van der Waals surface area contributed by atoms with Gasteiger partial charge in [-0.15, -0.1) is 0 Å².